The molecule has 0 saturated carbocycles. The molecule has 0 unspecified atom stereocenters. The standard InChI is InChI=1S/C13H15NO4.Ac/c1-7-11(16)9(4-5-14-3)10(8(2)15)13-12(7)17-6-18-13;/h4-5,14,16H,6H2,1-3H3;/b5-4+;. The number of fused-ring (bicyclic) bond motifs is 1. The molecule has 2 N–H and O–H groups in total. The van der Waals surface area contributed by atoms with Gasteiger partial charge in [-0.3, -0.25) is 4.79 Å². The number of phenols is 1. The van der Waals surface area contributed by atoms with Crippen LogP contribution in [0.25, 0.3) is 6.08 Å². The Morgan fingerprint density at radius 2 is 2.00 bits per heavy atom. The molecule has 1 aromatic carbocycles. The second-order valence-electron chi connectivity index (χ2n) is 4.01. The molecule has 99 valence electrons. The minimum absolute atomic E-state index is 0. The predicted octanol–water partition coefficient (Wildman–Crippen LogP) is 1.82. The Kier molecular flexibility index (Phi) is 5.69. The molecule has 2 rings (SSSR count). The predicted molar refractivity (Wildman–Crippen MR) is 67.1 cm³/mol. The van der Waals surface area contributed by atoms with Crippen molar-refractivity contribution in [1.29, 1.82) is 0 Å². The van der Waals surface area contributed by atoms with Gasteiger partial charge in [0.05, 0.1) is 5.56 Å². The van der Waals surface area contributed by atoms with Gasteiger partial charge < -0.3 is 19.9 Å². The van der Waals surface area contributed by atoms with Crippen molar-refractivity contribution in [2.24, 2.45) is 0 Å². The fourth-order valence-corrected chi connectivity index (χ4v) is 1.97. The number of rotatable bonds is 3. The number of hydrogen-bond donors (Lipinski definition) is 2. The zero-order chi connectivity index (χ0) is 13.3. The summed E-state index contributed by atoms with van der Waals surface area (Å²) in [5, 5.41) is 13.0. The summed E-state index contributed by atoms with van der Waals surface area (Å²) < 4.78 is 10.6. The summed E-state index contributed by atoms with van der Waals surface area (Å²) >= 11 is 0. The van der Waals surface area contributed by atoms with Crippen LogP contribution >= 0.6 is 0 Å². The van der Waals surface area contributed by atoms with E-state index in [2.05, 4.69) is 5.32 Å². The van der Waals surface area contributed by atoms with Crippen LogP contribution in [-0.4, -0.2) is 24.7 Å². The van der Waals surface area contributed by atoms with E-state index in [1.54, 1.807) is 26.2 Å². The van der Waals surface area contributed by atoms with Crippen molar-refractivity contribution in [2.75, 3.05) is 13.8 Å². The second kappa shape index (κ2) is 6.63. The third kappa shape index (κ3) is 2.90. The number of nitrogens with one attached hydrogen (secondary N) is 1. The maximum Gasteiger partial charge on any atom is 0.231 e. The normalized spacial score (nSPS) is 12.4. The first-order chi connectivity index (χ1) is 8.57. The largest absolute Gasteiger partial charge is 0.507 e. The van der Waals surface area contributed by atoms with Crippen molar-refractivity contribution in [3.8, 4) is 17.2 Å². The number of hydrogen-bond acceptors (Lipinski definition) is 5. The van der Waals surface area contributed by atoms with Gasteiger partial charge in [-0.05, 0) is 26.1 Å². The number of carbonyl (C=O) groups is 1. The van der Waals surface area contributed by atoms with E-state index in [9.17, 15) is 9.90 Å². The first-order valence-electron chi connectivity index (χ1n) is 5.57. The average molecular weight is 476 g/mol. The Hall–Kier alpha value is -0.728. The van der Waals surface area contributed by atoms with Crippen LogP contribution in [0.15, 0.2) is 6.20 Å². The molecule has 1 aromatic rings. The first kappa shape index (κ1) is 16.3. The van der Waals surface area contributed by atoms with E-state index >= 15 is 0 Å². The van der Waals surface area contributed by atoms with Gasteiger partial charge in [0.25, 0.3) is 0 Å². The van der Waals surface area contributed by atoms with Gasteiger partial charge in [-0.2, -0.15) is 0 Å². The van der Waals surface area contributed by atoms with Crippen LogP contribution in [0.2, 0.25) is 0 Å². The van der Waals surface area contributed by atoms with E-state index in [4.69, 9.17) is 9.47 Å². The summed E-state index contributed by atoms with van der Waals surface area (Å²) in [7, 11) is 1.74. The third-order valence-corrected chi connectivity index (χ3v) is 2.83. The second-order valence-corrected chi connectivity index (χ2v) is 4.01. The average Bonchev–Trinajstić information content (AvgIpc) is 2.80. The molecule has 1 heterocycles. The summed E-state index contributed by atoms with van der Waals surface area (Å²) in [4.78, 5) is 11.8. The van der Waals surface area contributed by atoms with E-state index in [0.717, 1.165) is 0 Å². The molecule has 19 heavy (non-hydrogen) atoms. The molecule has 0 aromatic heterocycles. The summed E-state index contributed by atoms with van der Waals surface area (Å²) in [5.41, 5.74) is 1.36. The Balaban J connectivity index is 0.00000180. The third-order valence-electron chi connectivity index (χ3n) is 2.83. The van der Waals surface area contributed by atoms with Crippen LogP contribution in [0.4, 0.5) is 0 Å². The smallest absolute Gasteiger partial charge is 0.231 e. The van der Waals surface area contributed by atoms with Gasteiger partial charge in [0, 0.05) is 62.2 Å². The van der Waals surface area contributed by atoms with E-state index in [0.29, 0.717) is 28.2 Å². The number of phenolic OH excluding ortho intramolecular Hbond substituents is 1. The van der Waals surface area contributed by atoms with Crippen molar-refractivity contribution >= 4 is 11.9 Å². The van der Waals surface area contributed by atoms with E-state index < -0.39 is 0 Å². The summed E-state index contributed by atoms with van der Waals surface area (Å²) in [6.07, 6.45) is 3.28. The van der Waals surface area contributed by atoms with Crippen molar-refractivity contribution in [3.63, 3.8) is 0 Å². The Morgan fingerprint density at radius 3 is 2.58 bits per heavy atom. The van der Waals surface area contributed by atoms with Gasteiger partial charge in [-0.1, -0.05) is 0 Å². The maximum absolute atomic E-state index is 11.8. The Labute approximate surface area is 147 Å². The maximum atomic E-state index is 11.8. The molecule has 0 aliphatic carbocycles. The first-order valence-corrected chi connectivity index (χ1v) is 5.57. The molecule has 0 spiro atoms. The fraction of sp³-hybridized carbons (Fsp3) is 0.308. The molecule has 1 aliphatic heterocycles. The number of ether oxygens (including phenoxy) is 2. The zero-order valence-electron chi connectivity index (χ0n) is 11.1. The molecule has 0 fully saturated rings. The number of carbonyl (C=O) groups excluding carboxylic acids is 1. The van der Waals surface area contributed by atoms with Crippen molar-refractivity contribution in [2.45, 2.75) is 13.8 Å². The molecule has 5 nitrogen and oxygen atoms in total. The molecular weight excluding hydrogens is 461 g/mol. The van der Waals surface area contributed by atoms with E-state index in [-0.39, 0.29) is 62.4 Å². The molecule has 1 aliphatic rings. The van der Waals surface area contributed by atoms with Gasteiger partial charge >= 0.3 is 0 Å². The van der Waals surface area contributed by atoms with Gasteiger partial charge in [0.15, 0.2) is 17.3 Å². The van der Waals surface area contributed by atoms with Crippen molar-refractivity contribution in [1.82, 2.24) is 5.32 Å². The molecule has 1 radical (unpaired) electrons. The van der Waals surface area contributed by atoms with Crippen molar-refractivity contribution in [3.05, 3.63) is 22.9 Å². The fourth-order valence-electron chi connectivity index (χ4n) is 1.97. The minimum atomic E-state index is -0.178. The quantitative estimate of drug-likeness (QED) is 0.652. The number of Topliss-reactive ketones (excluding diaryl/α,β-unsaturated/α-hetero) is 1. The molecule has 0 amide bonds. The van der Waals surface area contributed by atoms with Gasteiger partial charge in [0.2, 0.25) is 6.79 Å². The SMILES string of the molecule is CN/C=C/c1c(O)c(C)c2c(c1C(C)=O)OCO2.[Ac]. The number of ketones is 1. The molecule has 0 saturated heterocycles. The summed E-state index contributed by atoms with van der Waals surface area (Å²) in [6.45, 7) is 3.22. The van der Waals surface area contributed by atoms with Crippen LogP contribution in [0.3, 0.4) is 0 Å². The van der Waals surface area contributed by atoms with Crippen molar-refractivity contribution < 1.29 is 63.4 Å². The minimum Gasteiger partial charge on any atom is -0.507 e. The van der Waals surface area contributed by atoms with E-state index in [1.807, 2.05) is 0 Å². The van der Waals surface area contributed by atoms with Crippen LogP contribution in [-0.2, 0) is 0 Å². The summed E-state index contributed by atoms with van der Waals surface area (Å²) in [6, 6.07) is 0. The number of aromatic hydroxyl groups is 1. The Morgan fingerprint density at radius 1 is 1.37 bits per heavy atom. The number of benzene rings is 1. The van der Waals surface area contributed by atoms with Crippen LogP contribution < -0.4 is 14.8 Å². The van der Waals surface area contributed by atoms with Gasteiger partial charge in [-0.25, -0.2) is 0 Å². The van der Waals surface area contributed by atoms with Crippen LogP contribution in [0.1, 0.15) is 28.4 Å². The summed E-state index contributed by atoms with van der Waals surface area (Å²) in [5.74, 6) is 0.714. The topological polar surface area (TPSA) is 67.8 Å². The van der Waals surface area contributed by atoms with Gasteiger partial charge in [-0.15, -0.1) is 0 Å². The van der Waals surface area contributed by atoms with E-state index in [1.165, 1.54) is 6.92 Å². The van der Waals surface area contributed by atoms with Crippen LogP contribution in [0.5, 0.6) is 17.2 Å². The molecule has 6 heteroatoms. The monoisotopic (exact) mass is 476 g/mol. The Bertz CT molecular complexity index is 540. The zero-order valence-corrected chi connectivity index (χ0v) is 15.9. The molecule has 0 bridgehead atoms. The van der Waals surface area contributed by atoms with Gasteiger partial charge in [0.1, 0.15) is 5.75 Å². The van der Waals surface area contributed by atoms with Crippen LogP contribution in [0, 0.1) is 51.0 Å². The molecule has 0 atom stereocenters. The molecular formula is C13H15AcNO4.